The molecule has 0 aliphatic heterocycles. The van der Waals surface area contributed by atoms with Gasteiger partial charge in [0.05, 0.1) is 6.61 Å². The number of halogens is 3. The second-order valence-electron chi connectivity index (χ2n) is 4.52. The molecule has 0 fully saturated rings. The van der Waals surface area contributed by atoms with Gasteiger partial charge in [0.1, 0.15) is 0 Å². The molecule has 0 radical (unpaired) electrons. The molecule has 2 amide bonds. The van der Waals surface area contributed by atoms with Crippen LogP contribution in [0.5, 0.6) is 5.75 Å². The van der Waals surface area contributed by atoms with E-state index in [1.165, 1.54) is 11.0 Å². The van der Waals surface area contributed by atoms with Crippen molar-refractivity contribution in [3.63, 3.8) is 0 Å². The van der Waals surface area contributed by atoms with Gasteiger partial charge in [-0.2, -0.15) is 8.78 Å². The van der Waals surface area contributed by atoms with E-state index in [0.717, 1.165) is 25.0 Å². The van der Waals surface area contributed by atoms with Gasteiger partial charge < -0.3 is 20.1 Å². The maximum Gasteiger partial charge on any atom is 0.387 e. The number of urea groups is 1. The summed E-state index contributed by atoms with van der Waals surface area (Å²) in [6.07, 6.45) is 1.65. The Morgan fingerprint density at radius 1 is 1.41 bits per heavy atom. The molecule has 0 aliphatic rings. The van der Waals surface area contributed by atoms with Crippen molar-refractivity contribution < 1.29 is 27.8 Å². The van der Waals surface area contributed by atoms with Crippen LogP contribution in [0.3, 0.4) is 0 Å². The van der Waals surface area contributed by atoms with Crippen LogP contribution in [-0.4, -0.2) is 42.3 Å². The number of amides is 2. The summed E-state index contributed by atoms with van der Waals surface area (Å²) in [5.74, 6) is -1.59. The summed E-state index contributed by atoms with van der Waals surface area (Å²) >= 11 is 0. The third-order valence-corrected chi connectivity index (χ3v) is 2.84. The Morgan fingerprint density at radius 3 is 2.68 bits per heavy atom. The Kier molecular flexibility index (Phi) is 7.51. The minimum Gasteiger partial charge on any atom is -0.432 e. The zero-order valence-electron chi connectivity index (χ0n) is 12.2. The van der Waals surface area contributed by atoms with Crippen LogP contribution in [0, 0.1) is 5.82 Å². The molecular formula is C14H19F3N2O3. The van der Waals surface area contributed by atoms with E-state index in [0.29, 0.717) is 6.54 Å². The number of unbranched alkanes of at least 4 members (excludes halogenated alkanes) is 1. The number of carbonyl (C=O) groups is 1. The minimum absolute atomic E-state index is 0.114. The van der Waals surface area contributed by atoms with Gasteiger partial charge in [0.25, 0.3) is 0 Å². The van der Waals surface area contributed by atoms with Gasteiger partial charge in [0.2, 0.25) is 0 Å². The maximum absolute atomic E-state index is 13.5. The molecule has 0 spiro atoms. The number of nitrogens with one attached hydrogen (secondary N) is 1. The van der Waals surface area contributed by atoms with Crippen molar-refractivity contribution in [2.45, 2.75) is 26.4 Å². The molecule has 0 unspecified atom stereocenters. The first-order valence-corrected chi connectivity index (χ1v) is 6.89. The van der Waals surface area contributed by atoms with Crippen LogP contribution in [0.15, 0.2) is 18.2 Å². The largest absolute Gasteiger partial charge is 0.432 e. The van der Waals surface area contributed by atoms with Crippen LogP contribution in [0.25, 0.3) is 0 Å². The van der Waals surface area contributed by atoms with Crippen LogP contribution in [0.1, 0.15) is 19.8 Å². The summed E-state index contributed by atoms with van der Waals surface area (Å²) in [5.41, 5.74) is 0.114. The van der Waals surface area contributed by atoms with E-state index in [1.54, 1.807) is 0 Å². The lowest BCUT2D eigenvalue weighted by atomic mass is 10.3. The highest BCUT2D eigenvalue weighted by Gasteiger charge is 2.15. The zero-order chi connectivity index (χ0) is 16.5. The summed E-state index contributed by atoms with van der Waals surface area (Å²) in [6.45, 7) is -0.735. The SMILES string of the molecule is CCCCN(CCO)C(=O)Nc1ccc(OC(F)F)c(F)c1. The molecule has 0 bridgehead atoms. The van der Waals surface area contributed by atoms with E-state index in [1.807, 2.05) is 6.92 Å². The second-order valence-corrected chi connectivity index (χ2v) is 4.52. The number of anilines is 1. The summed E-state index contributed by atoms with van der Waals surface area (Å²) in [5, 5.41) is 11.4. The molecule has 124 valence electrons. The standard InChI is InChI=1S/C14H19F3N2O3/c1-2-3-6-19(7-8-20)14(21)18-10-4-5-12(11(15)9-10)22-13(16)17/h4-5,9,13,20H,2-3,6-8H2,1H3,(H,18,21). The highest BCUT2D eigenvalue weighted by Crippen LogP contribution is 2.23. The molecule has 1 aromatic rings. The average molecular weight is 320 g/mol. The van der Waals surface area contributed by atoms with Crippen molar-refractivity contribution in [1.29, 1.82) is 0 Å². The number of rotatable bonds is 8. The quantitative estimate of drug-likeness (QED) is 0.774. The molecule has 5 nitrogen and oxygen atoms in total. The van der Waals surface area contributed by atoms with Crippen molar-refractivity contribution in [1.82, 2.24) is 4.90 Å². The number of aliphatic hydroxyl groups is 1. The fourth-order valence-corrected chi connectivity index (χ4v) is 1.76. The molecule has 0 saturated heterocycles. The number of benzene rings is 1. The highest BCUT2D eigenvalue weighted by molar-refractivity contribution is 5.89. The zero-order valence-corrected chi connectivity index (χ0v) is 12.2. The van der Waals surface area contributed by atoms with Crippen molar-refractivity contribution in [3.8, 4) is 5.75 Å². The molecule has 22 heavy (non-hydrogen) atoms. The number of nitrogens with zero attached hydrogens (tertiary/aromatic N) is 1. The lowest BCUT2D eigenvalue weighted by Crippen LogP contribution is -2.37. The Balaban J connectivity index is 2.71. The number of hydrogen-bond donors (Lipinski definition) is 2. The predicted octanol–water partition coefficient (Wildman–Crippen LogP) is 3.05. The average Bonchev–Trinajstić information content (AvgIpc) is 2.46. The molecular weight excluding hydrogens is 301 g/mol. The fourth-order valence-electron chi connectivity index (χ4n) is 1.76. The van der Waals surface area contributed by atoms with Crippen molar-refractivity contribution in [2.75, 3.05) is 25.0 Å². The van der Waals surface area contributed by atoms with E-state index in [-0.39, 0.29) is 18.8 Å². The molecule has 0 saturated carbocycles. The highest BCUT2D eigenvalue weighted by atomic mass is 19.3. The number of aliphatic hydroxyl groups excluding tert-OH is 1. The lowest BCUT2D eigenvalue weighted by molar-refractivity contribution is -0.0521. The van der Waals surface area contributed by atoms with E-state index in [4.69, 9.17) is 5.11 Å². The molecule has 0 aromatic heterocycles. The van der Waals surface area contributed by atoms with Crippen molar-refractivity contribution in [2.24, 2.45) is 0 Å². The summed E-state index contributed by atoms with van der Waals surface area (Å²) < 4.78 is 41.6. The predicted molar refractivity (Wildman–Crippen MR) is 75.6 cm³/mol. The van der Waals surface area contributed by atoms with Crippen molar-refractivity contribution >= 4 is 11.7 Å². The fraction of sp³-hybridized carbons (Fsp3) is 0.500. The summed E-state index contributed by atoms with van der Waals surface area (Å²) in [4.78, 5) is 13.4. The first-order chi connectivity index (χ1) is 10.5. The van der Waals surface area contributed by atoms with E-state index in [2.05, 4.69) is 10.1 Å². The summed E-state index contributed by atoms with van der Waals surface area (Å²) in [7, 11) is 0. The Morgan fingerprint density at radius 2 is 2.14 bits per heavy atom. The van der Waals surface area contributed by atoms with E-state index < -0.39 is 24.2 Å². The number of hydrogen-bond acceptors (Lipinski definition) is 3. The van der Waals surface area contributed by atoms with Gasteiger partial charge in [-0.3, -0.25) is 0 Å². The smallest absolute Gasteiger partial charge is 0.387 e. The van der Waals surface area contributed by atoms with Gasteiger partial charge in [-0.15, -0.1) is 0 Å². The van der Waals surface area contributed by atoms with Crippen LogP contribution in [-0.2, 0) is 0 Å². The van der Waals surface area contributed by atoms with E-state index in [9.17, 15) is 18.0 Å². The van der Waals surface area contributed by atoms with Crippen LogP contribution in [0.4, 0.5) is 23.7 Å². The normalized spacial score (nSPS) is 10.6. The first kappa shape index (κ1) is 18.1. The maximum atomic E-state index is 13.5. The molecule has 0 aliphatic carbocycles. The number of alkyl halides is 2. The van der Waals surface area contributed by atoms with Crippen LogP contribution in [0.2, 0.25) is 0 Å². The topological polar surface area (TPSA) is 61.8 Å². The third-order valence-electron chi connectivity index (χ3n) is 2.84. The summed E-state index contributed by atoms with van der Waals surface area (Å²) in [6, 6.07) is 2.67. The first-order valence-electron chi connectivity index (χ1n) is 6.89. The van der Waals surface area contributed by atoms with Gasteiger partial charge in [0, 0.05) is 24.8 Å². The number of carbonyl (C=O) groups excluding carboxylic acids is 1. The van der Waals surface area contributed by atoms with E-state index >= 15 is 0 Å². The molecule has 0 atom stereocenters. The molecule has 8 heteroatoms. The Bertz CT molecular complexity index is 486. The van der Waals surface area contributed by atoms with Crippen LogP contribution < -0.4 is 10.1 Å². The minimum atomic E-state index is -3.12. The Labute approximate surface area is 126 Å². The van der Waals surface area contributed by atoms with Crippen LogP contribution >= 0.6 is 0 Å². The van der Waals surface area contributed by atoms with Gasteiger partial charge in [0.15, 0.2) is 11.6 Å². The van der Waals surface area contributed by atoms with Crippen molar-refractivity contribution in [3.05, 3.63) is 24.0 Å². The van der Waals surface area contributed by atoms with Gasteiger partial charge in [-0.1, -0.05) is 13.3 Å². The lowest BCUT2D eigenvalue weighted by Gasteiger charge is -2.22. The van der Waals surface area contributed by atoms with Gasteiger partial charge in [-0.25, -0.2) is 9.18 Å². The molecule has 2 N–H and O–H groups in total. The monoisotopic (exact) mass is 320 g/mol. The molecule has 1 rings (SSSR count). The van der Waals surface area contributed by atoms with Gasteiger partial charge in [-0.05, 0) is 18.6 Å². The second kappa shape index (κ2) is 9.14. The third kappa shape index (κ3) is 5.80. The molecule has 0 heterocycles. The number of ether oxygens (including phenoxy) is 1. The Hall–Kier alpha value is -1.96. The molecule has 1 aromatic carbocycles. The van der Waals surface area contributed by atoms with Gasteiger partial charge >= 0.3 is 12.6 Å².